The lowest BCUT2D eigenvalue weighted by atomic mass is 9.98. The van der Waals surface area contributed by atoms with Crippen LogP contribution in [0.1, 0.15) is 49.5 Å². The number of fused-ring (bicyclic) bond motifs is 2. The SMILES string of the molecule is Cc1cccn2c(=O)c3cc(C(=O)N4CCC(C)CC4)c(=N)n(CC(C)C)c3nc12. The number of nitrogens with one attached hydrogen (secondary N) is 1. The van der Waals surface area contributed by atoms with Crippen LogP contribution in [0.2, 0.25) is 0 Å². The minimum atomic E-state index is -0.211. The van der Waals surface area contributed by atoms with Crippen molar-refractivity contribution in [1.29, 1.82) is 5.41 Å². The molecule has 0 radical (unpaired) electrons. The summed E-state index contributed by atoms with van der Waals surface area (Å²) in [4.78, 5) is 33.2. The zero-order chi connectivity index (χ0) is 21.6. The van der Waals surface area contributed by atoms with Gasteiger partial charge >= 0.3 is 0 Å². The van der Waals surface area contributed by atoms with E-state index in [1.807, 2.05) is 24.0 Å². The highest BCUT2D eigenvalue weighted by Gasteiger charge is 2.25. The van der Waals surface area contributed by atoms with Crippen molar-refractivity contribution >= 4 is 22.6 Å². The predicted octanol–water partition coefficient (Wildman–Crippen LogP) is 2.97. The Morgan fingerprint density at radius 2 is 1.97 bits per heavy atom. The van der Waals surface area contributed by atoms with Crippen LogP contribution in [0.4, 0.5) is 0 Å². The van der Waals surface area contributed by atoms with Gasteiger partial charge in [0.1, 0.15) is 16.8 Å². The number of aromatic nitrogens is 3. The van der Waals surface area contributed by atoms with E-state index in [1.54, 1.807) is 16.8 Å². The molecule has 1 aliphatic heterocycles. The first-order valence-electron chi connectivity index (χ1n) is 10.7. The van der Waals surface area contributed by atoms with E-state index in [0.717, 1.165) is 18.4 Å². The van der Waals surface area contributed by atoms with Crippen LogP contribution in [0.15, 0.2) is 29.2 Å². The molecule has 4 rings (SSSR count). The smallest absolute Gasteiger partial charge is 0.267 e. The van der Waals surface area contributed by atoms with E-state index < -0.39 is 0 Å². The van der Waals surface area contributed by atoms with Crippen LogP contribution in [0.25, 0.3) is 16.7 Å². The molecule has 1 N–H and O–H groups in total. The molecule has 4 heterocycles. The second-order valence-electron chi connectivity index (χ2n) is 8.92. The first kappa shape index (κ1) is 20.3. The zero-order valence-electron chi connectivity index (χ0n) is 18.1. The van der Waals surface area contributed by atoms with Gasteiger partial charge in [0.25, 0.3) is 11.5 Å². The number of rotatable bonds is 3. The number of aryl methyl sites for hydroxylation is 1. The van der Waals surface area contributed by atoms with Crippen molar-refractivity contribution < 1.29 is 4.79 Å². The Balaban J connectivity index is 1.98. The van der Waals surface area contributed by atoms with E-state index in [1.165, 1.54) is 4.40 Å². The highest BCUT2D eigenvalue weighted by Crippen LogP contribution is 2.19. The second-order valence-corrected chi connectivity index (χ2v) is 8.92. The fourth-order valence-electron chi connectivity index (χ4n) is 4.18. The molecule has 0 saturated carbocycles. The monoisotopic (exact) mass is 407 g/mol. The molecular weight excluding hydrogens is 378 g/mol. The lowest BCUT2D eigenvalue weighted by Gasteiger charge is -2.30. The maximum Gasteiger partial charge on any atom is 0.267 e. The molecule has 3 aromatic rings. The Bertz CT molecular complexity index is 1250. The highest BCUT2D eigenvalue weighted by atomic mass is 16.2. The summed E-state index contributed by atoms with van der Waals surface area (Å²) in [5, 5.41) is 9.19. The summed E-state index contributed by atoms with van der Waals surface area (Å²) in [5.41, 5.74) is 2.14. The molecule has 3 aromatic heterocycles. The molecular formula is C23H29N5O2. The van der Waals surface area contributed by atoms with Gasteiger partial charge in [-0.25, -0.2) is 4.98 Å². The summed E-state index contributed by atoms with van der Waals surface area (Å²) in [5.74, 6) is 0.677. The molecule has 0 spiro atoms. The van der Waals surface area contributed by atoms with E-state index in [0.29, 0.717) is 42.2 Å². The quantitative estimate of drug-likeness (QED) is 0.678. The van der Waals surface area contributed by atoms with Crippen LogP contribution in [0.3, 0.4) is 0 Å². The van der Waals surface area contributed by atoms with Crippen molar-refractivity contribution in [2.75, 3.05) is 13.1 Å². The first-order chi connectivity index (χ1) is 14.3. The Morgan fingerprint density at radius 1 is 1.27 bits per heavy atom. The summed E-state index contributed by atoms with van der Waals surface area (Å²) in [7, 11) is 0. The zero-order valence-corrected chi connectivity index (χ0v) is 18.1. The van der Waals surface area contributed by atoms with Crippen molar-refractivity contribution in [3.63, 3.8) is 0 Å². The maximum absolute atomic E-state index is 13.3. The van der Waals surface area contributed by atoms with E-state index >= 15 is 0 Å². The molecule has 1 amide bonds. The molecule has 0 bridgehead atoms. The number of carbonyl (C=O) groups excluding carboxylic acids is 1. The third-order valence-corrected chi connectivity index (χ3v) is 5.98. The van der Waals surface area contributed by atoms with Crippen LogP contribution >= 0.6 is 0 Å². The van der Waals surface area contributed by atoms with Crippen LogP contribution in [-0.2, 0) is 6.54 Å². The molecule has 158 valence electrons. The molecule has 7 heteroatoms. The van der Waals surface area contributed by atoms with Crippen LogP contribution < -0.4 is 11.0 Å². The van der Waals surface area contributed by atoms with Crippen molar-refractivity contribution in [2.24, 2.45) is 11.8 Å². The van der Waals surface area contributed by atoms with Gasteiger partial charge in [0, 0.05) is 25.8 Å². The maximum atomic E-state index is 13.3. The first-order valence-corrected chi connectivity index (χ1v) is 10.7. The molecule has 1 aliphatic rings. The number of carbonyl (C=O) groups is 1. The number of amides is 1. The minimum absolute atomic E-state index is 0.129. The fraction of sp³-hybridized carbons (Fsp3) is 0.478. The summed E-state index contributed by atoms with van der Waals surface area (Å²) < 4.78 is 3.26. The molecule has 1 fully saturated rings. The van der Waals surface area contributed by atoms with Crippen molar-refractivity contribution in [2.45, 2.75) is 47.1 Å². The van der Waals surface area contributed by atoms with Gasteiger partial charge < -0.3 is 9.47 Å². The Kier molecular flexibility index (Phi) is 5.22. The lowest BCUT2D eigenvalue weighted by molar-refractivity contribution is 0.0694. The Morgan fingerprint density at radius 3 is 2.63 bits per heavy atom. The molecule has 0 atom stereocenters. The van der Waals surface area contributed by atoms with E-state index in [-0.39, 0.29) is 28.4 Å². The van der Waals surface area contributed by atoms with Gasteiger partial charge in [-0.2, -0.15) is 0 Å². The number of piperidine rings is 1. The van der Waals surface area contributed by atoms with Gasteiger partial charge in [-0.3, -0.25) is 19.4 Å². The van der Waals surface area contributed by atoms with E-state index in [2.05, 4.69) is 20.8 Å². The summed E-state index contributed by atoms with van der Waals surface area (Å²) >= 11 is 0. The van der Waals surface area contributed by atoms with Gasteiger partial charge in [0.15, 0.2) is 0 Å². The predicted molar refractivity (Wildman–Crippen MR) is 117 cm³/mol. The summed E-state index contributed by atoms with van der Waals surface area (Å²) in [6.45, 7) is 10.1. The fourth-order valence-corrected chi connectivity index (χ4v) is 4.18. The molecule has 1 saturated heterocycles. The third-order valence-electron chi connectivity index (χ3n) is 5.98. The number of hydrogen-bond donors (Lipinski definition) is 1. The lowest BCUT2D eigenvalue weighted by Crippen LogP contribution is -2.42. The molecule has 0 aromatic carbocycles. The Labute approximate surface area is 175 Å². The van der Waals surface area contributed by atoms with E-state index in [4.69, 9.17) is 10.4 Å². The normalized spacial score (nSPS) is 15.4. The Hall–Kier alpha value is -2.96. The van der Waals surface area contributed by atoms with Crippen LogP contribution in [-0.4, -0.2) is 37.8 Å². The largest absolute Gasteiger partial charge is 0.339 e. The molecule has 0 unspecified atom stereocenters. The second kappa shape index (κ2) is 7.70. The van der Waals surface area contributed by atoms with E-state index in [9.17, 15) is 9.59 Å². The average Bonchev–Trinajstić information content (AvgIpc) is 2.71. The number of nitrogens with zero attached hydrogens (tertiary/aromatic N) is 4. The summed E-state index contributed by atoms with van der Waals surface area (Å²) in [6.07, 6.45) is 3.63. The average molecular weight is 408 g/mol. The molecule has 0 aliphatic carbocycles. The molecule has 30 heavy (non-hydrogen) atoms. The third kappa shape index (κ3) is 3.42. The van der Waals surface area contributed by atoms with Crippen LogP contribution in [0.5, 0.6) is 0 Å². The number of hydrogen-bond acceptors (Lipinski definition) is 4. The number of likely N-dealkylation sites (tertiary alicyclic amines) is 1. The summed E-state index contributed by atoms with van der Waals surface area (Å²) in [6, 6.07) is 5.31. The van der Waals surface area contributed by atoms with Gasteiger partial charge in [-0.05, 0) is 49.3 Å². The van der Waals surface area contributed by atoms with Gasteiger partial charge in [0.05, 0.1) is 10.9 Å². The van der Waals surface area contributed by atoms with Crippen molar-refractivity contribution in [3.05, 3.63) is 51.4 Å². The number of pyridine rings is 2. The van der Waals surface area contributed by atoms with Gasteiger partial charge in [-0.15, -0.1) is 0 Å². The standard InChI is InChI=1S/C23H29N5O2/c1-14(2)13-28-19(24)17(22(29)26-10-7-15(3)8-11-26)12-18-21(28)25-20-16(4)6-5-9-27(20)23(18)30/h5-6,9,12,14-15,24H,7-8,10-11,13H2,1-4H3. The molecule has 7 nitrogen and oxygen atoms in total. The van der Waals surface area contributed by atoms with Gasteiger partial charge in [-0.1, -0.05) is 26.8 Å². The van der Waals surface area contributed by atoms with Crippen molar-refractivity contribution in [1.82, 2.24) is 18.9 Å². The van der Waals surface area contributed by atoms with Crippen LogP contribution in [0, 0.1) is 24.2 Å². The van der Waals surface area contributed by atoms with Gasteiger partial charge in [0.2, 0.25) is 0 Å². The topological polar surface area (TPSA) is 83.5 Å². The minimum Gasteiger partial charge on any atom is -0.339 e. The highest BCUT2D eigenvalue weighted by molar-refractivity contribution is 5.97. The van der Waals surface area contributed by atoms with Crippen molar-refractivity contribution in [3.8, 4) is 0 Å².